The van der Waals surface area contributed by atoms with Crippen molar-refractivity contribution in [3.8, 4) is 0 Å². The number of sulfonamides is 1. The molecule has 0 bridgehead atoms. The van der Waals surface area contributed by atoms with Gasteiger partial charge in [-0.15, -0.1) is 0 Å². The Morgan fingerprint density at radius 2 is 2.00 bits per heavy atom. The van der Waals surface area contributed by atoms with Crippen molar-refractivity contribution in [3.05, 3.63) is 29.8 Å². The Labute approximate surface area is 168 Å². The second-order valence-electron chi connectivity index (χ2n) is 6.85. The molecule has 1 saturated heterocycles. The summed E-state index contributed by atoms with van der Waals surface area (Å²) in [6.07, 6.45) is -3.06. The summed E-state index contributed by atoms with van der Waals surface area (Å²) in [7, 11) is -7.60. The molecule has 1 aromatic carbocycles. The molecule has 1 N–H and O–H groups in total. The highest BCUT2D eigenvalue weighted by Crippen LogP contribution is 2.30. The van der Waals surface area contributed by atoms with Crippen LogP contribution in [0.25, 0.3) is 0 Å². The molecule has 7 nitrogen and oxygen atoms in total. The number of carbonyl (C=O) groups excluding carboxylic acids is 1. The summed E-state index contributed by atoms with van der Waals surface area (Å²) in [5.41, 5.74) is -1.12. The van der Waals surface area contributed by atoms with Crippen LogP contribution in [0.4, 0.5) is 13.2 Å². The van der Waals surface area contributed by atoms with Crippen LogP contribution in [0.2, 0.25) is 0 Å². The van der Waals surface area contributed by atoms with E-state index in [2.05, 4.69) is 0 Å². The number of rotatable bonds is 8. The Morgan fingerprint density at radius 1 is 1.31 bits per heavy atom. The van der Waals surface area contributed by atoms with Crippen LogP contribution < -0.4 is 4.72 Å². The second kappa shape index (κ2) is 9.00. The fraction of sp³-hybridized carbons (Fsp3) is 0.588. The van der Waals surface area contributed by atoms with Gasteiger partial charge < -0.3 is 4.90 Å². The van der Waals surface area contributed by atoms with E-state index in [1.807, 2.05) is 11.6 Å². The van der Waals surface area contributed by atoms with Crippen molar-refractivity contribution in [3.63, 3.8) is 0 Å². The lowest BCUT2D eigenvalue weighted by molar-refractivity contribution is -0.137. The van der Waals surface area contributed by atoms with Gasteiger partial charge in [-0.3, -0.25) is 4.79 Å². The second-order valence-corrected chi connectivity index (χ2v) is 10.8. The minimum absolute atomic E-state index is 0.0382. The van der Waals surface area contributed by atoms with E-state index in [0.717, 1.165) is 24.6 Å². The molecule has 29 heavy (non-hydrogen) atoms. The molecule has 1 aliphatic rings. The van der Waals surface area contributed by atoms with Crippen molar-refractivity contribution >= 4 is 25.8 Å². The Kier molecular flexibility index (Phi) is 7.33. The molecular formula is C17H23F3N2O5S2. The quantitative estimate of drug-likeness (QED) is 0.643. The van der Waals surface area contributed by atoms with E-state index in [-0.39, 0.29) is 24.5 Å². The lowest BCUT2D eigenvalue weighted by Crippen LogP contribution is -2.46. The average Bonchev–Trinajstić information content (AvgIpc) is 2.99. The Bertz CT molecular complexity index is 946. The molecular weight excluding hydrogens is 433 g/mol. The first kappa shape index (κ1) is 23.6. The summed E-state index contributed by atoms with van der Waals surface area (Å²) in [5.74, 6) is -0.831. The van der Waals surface area contributed by atoms with Gasteiger partial charge in [0, 0.05) is 12.6 Å². The van der Waals surface area contributed by atoms with Crippen molar-refractivity contribution in [2.45, 2.75) is 43.3 Å². The smallest absolute Gasteiger partial charge is 0.338 e. The molecule has 1 atom stereocenters. The van der Waals surface area contributed by atoms with E-state index >= 15 is 0 Å². The summed E-state index contributed by atoms with van der Waals surface area (Å²) in [6, 6.07) is 2.68. The van der Waals surface area contributed by atoms with E-state index in [9.17, 15) is 34.8 Å². The Hall–Kier alpha value is -1.66. The number of amides is 1. The topological polar surface area (TPSA) is 101 Å². The molecule has 164 valence electrons. The number of nitrogens with one attached hydrogen (secondary N) is 1. The van der Waals surface area contributed by atoms with Gasteiger partial charge in [0.1, 0.15) is 0 Å². The molecule has 0 aliphatic carbocycles. The normalized spacial score (nSPS) is 19.2. The monoisotopic (exact) mass is 456 g/mol. The number of benzene rings is 1. The fourth-order valence-electron chi connectivity index (χ4n) is 3.04. The number of alkyl halides is 3. The summed E-state index contributed by atoms with van der Waals surface area (Å²) in [5, 5.41) is 0. The van der Waals surface area contributed by atoms with E-state index in [0.29, 0.717) is 12.5 Å². The standard InChI is InChI=1S/C17H23F3N2O5S2/c1-2-3-8-22(14-7-9-28(24,25)12-14)16(23)11-21-29(26,27)15-6-4-5-13(10-15)17(18,19)20/h4-6,10,14,21H,2-3,7-9,11-12H2,1H3. The van der Waals surface area contributed by atoms with Crippen LogP contribution in [-0.4, -0.2) is 58.3 Å². The van der Waals surface area contributed by atoms with Gasteiger partial charge in [0.2, 0.25) is 15.9 Å². The number of nitrogens with zero attached hydrogens (tertiary/aromatic N) is 1. The van der Waals surface area contributed by atoms with Crippen LogP contribution in [-0.2, 0) is 30.8 Å². The van der Waals surface area contributed by atoms with Crippen molar-refractivity contribution in [2.24, 2.45) is 0 Å². The lowest BCUT2D eigenvalue weighted by atomic mass is 10.2. The van der Waals surface area contributed by atoms with E-state index < -0.39 is 55.0 Å². The Balaban J connectivity index is 2.12. The molecule has 1 amide bonds. The molecule has 0 saturated carbocycles. The SMILES string of the molecule is CCCCN(C(=O)CNS(=O)(=O)c1cccc(C(F)(F)F)c1)C1CCS(=O)(=O)C1. The molecule has 0 spiro atoms. The summed E-state index contributed by atoms with van der Waals surface area (Å²) >= 11 is 0. The summed E-state index contributed by atoms with van der Waals surface area (Å²) in [6.45, 7) is 1.50. The number of hydrogen-bond acceptors (Lipinski definition) is 5. The van der Waals surface area contributed by atoms with Crippen molar-refractivity contribution in [1.82, 2.24) is 9.62 Å². The van der Waals surface area contributed by atoms with E-state index in [1.54, 1.807) is 0 Å². The van der Waals surface area contributed by atoms with Crippen LogP contribution in [0.15, 0.2) is 29.2 Å². The highest BCUT2D eigenvalue weighted by atomic mass is 32.2. The van der Waals surface area contributed by atoms with Crippen LogP contribution in [0.3, 0.4) is 0 Å². The van der Waals surface area contributed by atoms with Crippen molar-refractivity contribution < 1.29 is 34.8 Å². The molecule has 0 radical (unpaired) electrons. The molecule has 1 unspecified atom stereocenters. The zero-order valence-electron chi connectivity index (χ0n) is 15.8. The minimum Gasteiger partial charge on any atom is -0.338 e. The van der Waals surface area contributed by atoms with Crippen LogP contribution in [0.1, 0.15) is 31.7 Å². The molecule has 1 fully saturated rings. The third-order valence-electron chi connectivity index (χ3n) is 4.61. The van der Waals surface area contributed by atoms with E-state index in [4.69, 9.17) is 0 Å². The predicted octanol–water partition coefficient (Wildman–Crippen LogP) is 1.80. The van der Waals surface area contributed by atoms with Crippen LogP contribution >= 0.6 is 0 Å². The van der Waals surface area contributed by atoms with Gasteiger partial charge in [-0.05, 0) is 31.0 Å². The largest absolute Gasteiger partial charge is 0.416 e. The summed E-state index contributed by atoms with van der Waals surface area (Å²) < 4.78 is 88.5. The van der Waals surface area contributed by atoms with Gasteiger partial charge in [-0.2, -0.15) is 13.2 Å². The highest BCUT2D eigenvalue weighted by Gasteiger charge is 2.35. The summed E-state index contributed by atoms with van der Waals surface area (Å²) in [4.78, 5) is 13.3. The maximum Gasteiger partial charge on any atom is 0.416 e. The van der Waals surface area contributed by atoms with Crippen LogP contribution in [0.5, 0.6) is 0 Å². The maximum atomic E-state index is 12.8. The van der Waals surface area contributed by atoms with Gasteiger partial charge in [-0.1, -0.05) is 19.4 Å². The zero-order chi connectivity index (χ0) is 21.9. The molecule has 1 aliphatic heterocycles. The fourth-order valence-corrected chi connectivity index (χ4v) is 5.79. The third kappa shape index (κ3) is 6.41. The molecule has 1 aromatic rings. The lowest BCUT2D eigenvalue weighted by Gasteiger charge is -2.28. The van der Waals surface area contributed by atoms with Gasteiger partial charge in [0.25, 0.3) is 0 Å². The third-order valence-corrected chi connectivity index (χ3v) is 7.76. The molecule has 2 rings (SSSR count). The van der Waals surface area contributed by atoms with Gasteiger partial charge >= 0.3 is 6.18 Å². The number of sulfone groups is 1. The number of halogens is 3. The Morgan fingerprint density at radius 3 is 2.55 bits per heavy atom. The van der Waals surface area contributed by atoms with Gasteiger partial charge in [0.15, 0.2) is 9.84 Å². The first-order chi connectivity index (χ1) is 13.4. The van der Waals surface area contributed by atoms with Crippen molar-refractivity contribution in [1.29, 1.82) is 0 Å². The predicted molar refractivity (Wildman–Crippen MR) is 100 cm³/mol. The van der Waals surface area contributed by atoms with E-state index in [1.165, 1.54) is 4.90 Å². The van der Waals surface area contributed by atoms with Crippen LogP contribution in [0, 0.1) is 0 Å². The number of carbonyl (C=O) groups is 1. The minimum atomic E-state index is -4.70. The number of unbranched alkanes of at least 4 members (excludes halogenated alkanes) is 1. The van der Waals surface area contributed by atoms with Crippen molar-refractivity contribution in [2.75, 3.05) is 24.6 Å². The first-order valence-electron chi connectivity index (χ1n) is 9.02. The highest BCUT2D eigenvalue weighted by molar-refractivity contribution is 7.91. The average molecular weight is 457 g/mol. The zero-order valence-corrected chi connectivity index (χ0v) is 17.4. The first-order valence-corrected chi connectivity index (χ1v) is 12.3. The maximum absolute atomic E-state index is 12.8. The number of hydrogen-bond donors (Lipinski definition) is 1. The van der Waals surface area contributed by atoms with Gasteiger partial charge in [0.05, 0.1) is 28.5 Å². The molecule has 0 aromatic heterocycles. The molecule has 1 heterocycles. The van der Waals surface area contributed by atoms with Gasteiger partial charge in [-0.25, -0.2) is 21.6 Å². The molecule has 12 heteroatoms.